The number of nitrogens with one attached hydrogen (secondary N) is 2. The molecule has 0 atom stereocenters. The summed E-state index contributed by atoms with van der Waals surface area (Å²) in [6.45, 7) is 2.49. The van der Waals surface area contributed by atoms with E-state index in [9.17, 15) is 9.59 Å². The van der Waals surface area contributed by atoms with Crippen molar-refractivity contribution in [3.63, 3.8) is 0 Å². The highest BCUT2D eigenvalue weighted by Crippen LogP contribution is 2.34. The number of halogens is 2. The number of hydrazine groups is 1. The molecule has 8 heteroatoms. The molecule has 0 fully saturated rings. The van der Waals surface area contributed by atoms with E-state index in [1.165, 1.54) is 0 Å². The number of rotatable bonds is 8. The van der Waals surface area contributed by atoms with Gasteiger partial charge in [-0.3, -0.25) is 20.4 Å². The van der Waals surface area contributed by atoms with Crippen LogP contribution in [0.4, 0.5) is 0 Å². The minimum atomic E-state index is -0.476. The van der Waals surface area contributed by atoms with Crippen molar-refractivity contribution in [1.29, 1.82) is 0 Å². The van der Waals surface area contributed by atoms with E-state index in [2.05, 4.69) is 49.6 Å². The molecule has 0 aliphatic heterocycles. The number of unbranched alkanes of at least 4 members (excludes halogenated alkanes) is 1. The second kappa shape index (κ2) is 11.2. The van der Waals surface area contributed by atoms with Crippen LogP contribution in [-0.4, -0.2) is 25.0 Å². The van der Waals surface area contributed by atoms with E-state index < -0.39 is 11.8 Å². The Labute approximate surface area is 197 Å². The lowest BCUT2D eigenvalue weighted by Gasteiger charge is -2.12. The zero-order chi connectivity index (χ0) is 22.2. The summed E-state index contributed by atoms with van der Waals surface area (Å²) in [4.78, 5) is 24.3. The standard InChI is InChI=1S/C23H22Br2N2O4/c1-2-3-12-30-18-8-4-15(5-9-18)23(29)27-26-21(28)14-31-20-11-6-16-13-17(24)7-10-19(16)22(20)25/h4-11,13H,2-3,12,14H2,1H3,(H,26,28)(H,27,29). The monoisotopic (exact) mass is 548 g/mol. The van der Waals surface area contributed by atoms with Crippen LogP contribution >= 0.6 is 31.9 Å². The third-order valence-corrected chi connectivity index (χ3v) is 5.75. The van der Waals surface area contributed by atoms with Gasteiger partial charge in [-0.15, -0.1) is 0 Å². The molecule has 3 rings (SSSR count). The van der Waals surface area contributed by atoms with Crippen molar-refractivity contribution in [2.45, 2.75) is 19.8 Å². The SMILES string of the molecule is CCCCOc1ccc(C(=O)NNC(=O)COc2ccc3cc(Br)ccc3c2Br)cc1. The van der Waals surface area contributed by atoms with E-state index in [1.807, 2.05) is 24.3 Å². The van der Waals surface area contributed by atoms with E-state index in [-0.39, 0.29) is 6.61 Å². The van der Waals surface area contributed by atoms with Crippen LogP contribution in [0.5, 0.6) is 11.5 Å². The number of hydrogen-bond donors (Lipinski definition) is 2. The lowest BCUT2D eigenvalue weighted by molar-refractivity contribution is -0.123. The summed E-state index contributed by atoms with van der Waals surface area (Å²) in [6, 6.07) is 16.3. The van der Waals surface area contributed by atoms with Gasteiger partial charge in [0.1, 0.15) is 11.5 Å². The summed E-state index contributed by atoms with van der Waals surface area (Å²) in [6.07, 6.45) is 2.03. The van der Waals surface area contributed by atoms with E-state index in [4.69, 9.17) is 9.47 Å². The Kier molecular flexibility index (Phi) is 8.31. The van der Waals surface area contributed by atoms with Gasteiger partial charge in [0, 0.05) is 10.0 Å². The Morgan fingerprint density at radius 2 is 1.71 bits per heavy atom. The molecule has 3 aromatic carbocycles. The van der Waals surface area contributed by atoms with Gasteiger partial charge in [0.05, 0.1) is 11.1 Å². The number of benzene rings is 3. The van der Waals surface area contributed by atoms with Crippen LogP contribution in [0.15, 0.2) is 63.5 Å². The van der Waals surface area contributed by atoms with Crippen molar-refractivity contribution in [1.82, 2.24) is 10.9 Å². The van der Waals surface area contributed by atoms with Crippen LogP contribution in [0.2, 0.25) is 0 Å². The Balaban J connectivity index is 1.49. The Morgan fingerprint density at radius 1 is 0.935 bits per heavy atom. The summed E-state index contributed by atoms with van der Waals surface area (Å²) < 4.78 is 12.9. The van der Waals surface area contributed by atoms with Crippen molar-refractivity contribution < 1.29 is 19.1 Å². The van der Waals surface area contributed by atoms with E-state index in [0.717, 1.165) is 32.6 Å². The fourth-order valence-electron chi connectivity index (χ4n) is 2.77. The number of ether oxygens (including phenoxy) is 2. The van der Waals surface area contributed by atoms with Gasteiger partial charge in [-0.1, -0.05) is 41.4 Å². The van der Waals surface area contributed by atoms with Crippen molar-refractivity contribution in [3.05, 3.63) is 69.1 Å². The lowest BCUT2D eigenvalue weighted by atomic mass is 10.1. The average Bonchev–Trinajstić information content (AvgIpc) is 2.77. The molecule has 6 nitrogen and oxygen atoms in total. The van der Waals surface area contributed by atoms with Gasteiger partial charge in [0.25, 0.3) is 11.8 Å². The third-order valence-electron chi connectivity index (χ3n) is 4.44. The quantitative estimate of drug-likeness (QED) is 0.292. The zero-order valence-corrected chi connectivity index (χ0v) is 20.1. The van der Waals surface area contributed by atoms with Gasteiger partial charge in [-0.25, -0.2) is 0 Å². The molecule has 0 radical (unpaired) electrons. The van der Waals surface area contributed by atoms with Gasteiger partial charge >= 0.3 is 0 Å². The zero-order valence-electron chi connectivity index (χ0n) is 16.9. The lowest BCUT2D eigenvalue weighted by Crippen LogP contribution is -2.43. The molecule has 31 heavy (non-hydrogen) atoms. The van der Waals surface area contributed by atoms with Crippen LogP contribution in [-0.2, 0) is 4.79 Å². The second-order valence-corrected chi connectivity index (χ2v) is 8.47. The number of hydrogen-bond acceptors (Lipinski definition) is 4. The van der Waals surface area contributed by atoms with E-state index in [1.54, 1.807) is 30.3 Å². The maximum absolute atomic E-state index is 12.2. The molecule has 2 amide bonds. The maximum atomic E-state index is 12.2. The van der Waals surface area contributed by atoms with Gasteiger partial charge in [0.15, 0.2) is 6.61 Å². The first-order chi connectivity index (χ1) is 15.0. The minimum absolute atomic E-state index is 0.245. The fraction of sp³-hybridized carbons (Fsp3) is 0.217. The first kappa shape index (κ1) is 23.1. The highest BCUT2D eigenvalue weighted by molar-refractivity contribution is 9.11. The molecule has 0 unspecified atom stereocenters. The van der Waals surface area contributed by atoms with Crippen LogP contribution in [0.1, 0.15) is 30.1 Å². The van der Waals surface area contributed by atoms with Crippen LogP contribution < -0.4 is 20.3 Å². The van der Waals surface area contributed by atoms with E-state index in [0.29, 0.717) is 23.7 Å². The molecule has 0 spiro atoms. The van der Waals surface area contributed by atoms with Gasteiger partial charge in [-0.2, -0.15) is 0 Å². The average molecular weight is 550 g/mol. The molecule has 0 saturated carbocycles. The predicted molar refractivity (Wildman–Crippen MR) is 127 cm³/mol. The summed E-state index contributed by atoms with van der Waals surface area (Å²) in [7, 11) is 0. The molecule has 3 aromatic rings. The maximum Gasteiger partial charge on any atom is 0.276 e. The molecule has 0 aliphatic carbocycles. The number of carbonyl (C=O) groups is 2. The number of amides is 2. The first-order valence-corrected chi connectivity index (χ1v) is 11.4. The highest BCUT2D eigenvalue weighted by Gasteiger charge is 2.11. The van der Waals surface area contributed by atoms with Crippen LogP contribution in [0.25, 0.3) is 10.8 Å². The number of fused-ring (bicyclic) bond motifs is 1. The molecular formula is C23H22Br2N2O4. The summed E-state index contributed by atoms with van der Waals surface area (Å²) >= 11 is 6.97. The van der Waals surface area contributed by atoms with E-state index >= 15 is 0 Å². The van der Waals surface area contributed by atoms with Crippen molar-refractivity contribution in [2.75, 3.05) is 13.2 Å². The molecule has 162 valence electrons. The second-order valence-electron chi connectivity index (χ2n) is 6.76. The third kappa shape index (κ3) is 6.45. The van der Waals surface area contributed by atoms with Crippen LogP contribution in [0, 0.1) is 0 Å². The molecule has 0 aromatic heterocycles. The molecule has 0 aliphatic rings. The minimum Gasteiger partial charge on any atom is -0.494 e. The van der Waals surface area contributed by atoms with Crippen LogP contribution in [0.3, 0.4) is 0 Å². The van der Waals surface area contributed by atoms with Gasteiger partial charge < -0.3 is 9.47 Å². The molecule has 0 bridgehead atoms. The molecule has 0 heterocycles. The van der Waals surface area contributed by atoms with Crippen molar-refractivity contribution in [2.24, 2.45) is 0 Å². The summed E-state index contributed by atoms with van der Waals surface area (Å²) in [5, 5.41) is 2.00. The van der Waals surface area contributed by atoms with Crippen molar-refractivity contribution >= 4 is 54.4 Å². The Bertz CT molecular complexity index is 1070. The number of carbonyl (C=O) groups excluding carboxylic acids is 2. The smallest absolute Gasteiger partial charge is 0.276 e. The first-order valence-electron chi connectivity index (χ1n) is 9.80. The van der Waals surface area contributed by atoms with Crippen molar-refractivity contribution in [3.8, 4) is 11.5 Å². The normalized spacial score (nSPS) is 10.5. The molecule has 0 saturated heterocycles. The molecule has 2 N–H and O–H groups in total. The van der Waals surface area contributed by atoms with Gasteiger partial charge in [-0.05, 0) is 75.6 Å². The summed E-state index contributed by atoms with van der Waals surface area (Å²) in [5.41, 5.74) is 5.15. The topological polar surface area (TPSA) is 76.7 Å². The Morgan fingerprint density at radius 3 is 2.45 bits per heavy atom. The Hall–Kier alpha value is -2.58. The fourth-order valence-corrected chi connectivity index (χ4v) is 3.76. The predicted octanol–water partition coefficient (Wildman–Crippen LogP) is 5.38. The molecular weight excluding hydrogens is 528 g/mol. The summed E-state index contributed by atoms with van der Waals surface area (Å²) in [5.74, 6) is 0.340. The van der Waals surface area contributed by atoms with Gasteiger partial charge in [0.2, 0.25) is 0 Å². The largest absolute Gasteiger partial charge is 0.494 e. The highest BCUT2D eigenvalue weighted by atomic mass is 79.9.